The van der Waals surface area contributed by atoms with Gasteiger partial charge >= 0.3 is 18.2 Å². The number of carbonyl (C=O) groups excluding carboxylic acids is 2. The minimum Gasteiger partial charge on any atom is -0.457 e. The van der Waals surface area contributed by atoms with E-state index in [2.05, 4.69) is 30.5 Å². The maximum atomic E-state index is 14.9. The smallest absolute Gasteiger partial charge is 0.417 e. The number of ether oxygens (including phenoxy) is 3. The van der Waals surface area contributed by atoms with Crippen LogP contribution in [0.4, 0.5) is 55.7 Å². The highest BCUT2D eigenvalue weighted by atomic mass is 35.5. The number of nitrogens with zero attached hydrogens (tertiary/aromatic N) is 8. The average Bonchev–Trinajstić information content (AvgIpc) is 3.34. The summed E-state index contributed by atoms with van der Waals surface area (Å²) in [4.78, 5) is 48.7. The molecule has 0 radical (unpaired) electrons. The molecule has 1 fully saturated rings. The zero-order chi connectivity index (χ0) is 47.4. The van der Waals surface area contributed by atoms with Gasteiger partial charge in [0, 0.05) is 36.6 Å². The molecular formula is C48H33ClF4N10O5. The average molecular weight is 941 g/mol. The van der Waals surface area contributed by atoms with Crippen molar-refractivity contribution in [2.24, 2.45) is 0 Å². The van der Waals surface area contributed by atoms with Crippen molar-refractivity contribution in [3.63, 3.8) is 0 Å². The standard InChI is InChI=1S/C48H33ClF4N10O5/c49-40-15-8-34(23-39(40)48(51,52)53)63(47(65)59-31-6-9-35(10-7-31)67-37-13-16-41-43(24-37)57-32(26-54)27-55-41)62(33-3-1-2-29(50)22-33)46(64)58-30-4-11-36(12-5-30)68-38-14-17-42-44(25-38)60-45(28-56-42)61-18-20-66-21-19-61/h1-17,22-25,27-28H,18-21H2,(H,58,64)(H,59,65). The molecule has 0 bridgehead atoms. The summed E-state index contributed by atoms with van der Waals surface area (Å²) in [5.41, 5.74) is 0.679. The van der Waals surface area contributed by atoms with Gasteiger partial charge < -0.3 is 29.7 Å². The quantitative estimate of drug-likeness (QED) is 0.104. The van der Waals surface area contributed by atoms with Gasteiger partial charge in [0.2, 0.25) is 0 Å². The largest absolute Gasteiger partial charge is 0.457 e. The molecule has 3 heterocycles. The Bertz CT molecular complexity index is 3230. The molecule has 340 valence electrons. The Kier molecular flexibility index (Phi) is 12.5. The number of hydrogen-bond donors (Lipinski definition) is 2. The maximum Gasteiger partial charge on any atom is 0.417 e. The molecule has 6 aromatic carbocycles. The Hall–Kier alpha value is -8.60. The normalized spacial score (nSPS) is 12.6. The van der Waals surface area contributed by atoms with Crippen molar-refractivity contribution < 1.29 is 41.4 Å². The van der Waals surface area contributed by atoms with Gasteiger partial charge in [0.15, 0.2) is 5.69 Å². The fraction of sp³-hybridized carbons (Fsp3) is 0.104. The van der Waals surface area contributed by atoms with Gasteiger partial charge in [0.25, 0.3) is 0 Å². The van der Waals surface area contributed by atoms with Crippen molar-refractivity contribution in [2.75, 3.05) is 51.9 Å². The minimum absolute atomic E-state index is 0.123. The highest BCUT2D eigenvalue weighted by Gasteiger charge is 2.37. The SMILES string of the molecule is N#Cc1cnc2ccc(Oc3ccc(NC(=O)N(c4ccc(Cl)c(C(F)(F)F)c4)N(C(=O)Nc4ccc(Oc5ccc6ncc(N7CCOCC7)nc6c5)cc4)c4cccc(F)c4)cc3)cc2n1. The van der Waals surface area contributed by atoms with Crippen LogP contribution in [-0.2, 0) is 10.9 Å². The molecular weight excluding hydrogens is 908 g/mol. The number of hydrogen-bond acceptors (Lipinski definition) is 11. The first-order valence-electron chi connectivity index (χ1n) is 20.5. The Morgan fingerprint density at radius 3 is 1.78 bits per heavy atom. The Morgan fingerprint density at radius 1 is 0.676 bits per heavy atom. The number of fused-ring (bicyclic) bond motifs is 2. The number of nitriles is 1. The summed E-state index contributed by atoms with van der Waals surface area (Å²) in [6.45, 7) is 2.56. The highest BCUT2D eigenvalue weighted by Crippen LogP contribution is 2.38. The van der Waals surface area contributed by atoms with Crippen molar-refractivity contribution in [1.29, 1.82) is 5.26 Å². The summed E-state index contributed by atoms with van der Waals surface area (Å²) in [5.74, 6) is 1.42. The van der Waals surface area contributed by atoms with Crippen LogP contribution >= 0.6 is 11.6 Å². The molecule has 4 amide bonds. The van der Waals surface area contributed by atoms with Crippen LogP contribution in [0, 0.1) is 17.1 Å². The third-order valence-corrected chi connectivity index (χ3v) is 10.6. The van der Waals surface area contributed by atoms with Crippen molar-refractivity contribution in [2.45, 2.75) is 6.18 Å². The first-order chi connectivity index (χ1) is 32.9. The van der Waals surface area contributed by atoms with Gasteiger partial charge in [-0.15, -0.1) is 0 Å². The number of alkyl halides is 3. The van der Waals surface area contributed by atoms with Crippen LogP contribution in [0.3, 0.4) is 0 Å². The number of amides is 4. The van der Waals surface area contributed by atoms with Crippen LogP contribution < -0.4 is 35.0 Å². The number of nitrogens with one attached hydrogen (secondary N) is 2. The molecule has 20 heteroatoms. The van der Waals surface area contributed by atoms with Crippen molar-refractivity contribution >= 4 is 74.3 Å². The van der Waals surface area contributed by atoms with Crippen LogP contribution in [-0.4, -0.2) is 58.3 Å². The van der Waals surface area contributed by atoms with E-state index in [1.807, 2.05) is 6.07 Å². The monoisotopic (exact) mass is 940 g/mol. The molecule has 15 nitrogen and oxygen atoms in total. The van der Waals surface area contributed by atoms with Crippen molar-refractivity contribution in [1.82, 2.24) is 19.9 Å². The van der Waals surface area contributed by atoms with Crippen LogP contribution in [0.25, 0.3) is 22.1 Å². The zero-order valence-electron chi connectivity index (χ0n) is 35.1. The lowest BCUT2D eigenvalue weighted by atomic mass is 10.2. The van der Waals surface area contributed by atoms with Gasteiger partial charge in [-0.1, -0.05) is 17.7 Å². The van der Waals surface area contributed by atoms with E-state index in [9.17, 15) is 32.4 Å². The third kappa shape index (κ3) is 10.1. The number of aromatic nitrogens is 4. The first-order valence-corrected chi connectivity index (χ1v) is 20.9. The van der Waals surface area contributed by atoms with E-state index in [1.165, 1.54) is 54.7 Å². The fourth-order valence-electron chi connectivity index (χ4n) is 7.05. The summed E-state index contributed by atoms with van der Waals surface area (Å²) in [5, 5.41) is 15.1. The highest BCUT2D eigenvalue weighted by molar-refractivity contribution is 6.31. The van der Waals surface area contributed by atoms with Crippen molar-refractivity contribution in [3.05, 3.63) is 162 Å². The molecule has 0 atom stereocenters. The maximum absolute atomic E-state index is 14.9. The van der Waals surface area contributed by atoms with E-state index < -0.39 is 40.3 Å². The number of morpholine rings is 1. The zero-order valence-corrected chi connectivity index (χ0v) is 35.9. The van der Waals surface area contributed by atoms with Crippen LogP contribution in [0.2, 0.25) is 5.02 Å². The molecule has 1 saturated heterocycles. The second-order valence-electron chi connectivity index (χ2n) is 14.9. The van der Waals surface area contributed by atoms with E-state index in [1.54, 1.807) is 54.7 Å². The van der Waals surface area contributed by atoms with Crippen LogP contribution in [0.5, 0.6) is 23.0 Å². The Balaban J connectivity index is 0.980. The third-order valence-electron chi connectivity index (χ3n) is 10.3. The number of hydrazine groups is 1. The van der Waals surface area contributed by atoms with E-state index in [4.69, 9.17) is 30.8 Å². The minimum atomic E-state index is -4.97. The molecule has 9 rings (SSSR count). The number of anilines is 5. The molecule has 0 aliphatic carbocycles. The molecule has 1 aliphatic heterocycles. The van der Waals surface area contributed by atoms with Gasteiger partial charge in [0.1, 0.15) is 40.7 Å². The van der Waals surface area contributed by atoms with Gasteiger partial charge in [-0.2, -0.15) is 28.5 Å². The molecule has 8 aromatic rings. The lowest BCUT2D eigenvalue weighted by Crippen LogP contribution is -2.54. The van der Waals surface area contributed by atoms with E-state index in [0.29, 0.717) is 93.3 Å². The molecule has 2 aromatic heterocycles. The topological polar surface area (TPSA) is 171 Å². The van der Waals surface area contributed by atoms with E-state index in [-0.39, 0.29) is 22.8 Å². The van der Waals surface area contributed by atoms with Crippen LogP contribution in [0.1, 0.15) is 11.3 Å². The fourth-order valence-corrected chi connectivity index (χ4v) is 7.28. The molecule has 0 unspecified atom stereocenters. The molecule has 68 heavy (non-hydrogen) atoms. The van der Waals surface area contributed by atoms with Crippen LogP contribution in [0.15, 0.2) is 140 Å². The van der Waals surface area contributed by atoms with E-state index in [0.717, 1.165) is 24.3 Å². The molecule has 0 spiro atoms. The second kappa shape index (κ2) is 19.1. The number of benzene rings is 6. The van der Waals surface area contributed by atoms with Gasteiger partial charge in [-0.25, -0.2) is 23.9 Å². The number of carbonyl (C=O) groups is 2. The number of rotatable bonds is 9. The van der Waals surface area contributed by atoms with Gasteiger partial charge in [0.05, 0.1) is 69.6 Å². The van der Waals surface area contributed by atoms with Gasteiger partial charge in [-0.3, -0.25) is 9.97 Å². The molecule has 2 N–H and O–H groups in total. The molecule has 0 saturated carbocycles. The summed E-state index contributed by atoms with van der Waals surface area (Å²) in [6, 6.07) is 29.2. The Labute approximate surface area is 388 Å². The predicted molar refractivity (Wildman–Crippen MR) is 246 cm³/mol. The summed E-state index contributed by atoms with van der Waals surface area (Å²) in [6.07, 6.45) is -1.90. The number of urea groups is 2. The summed E-state index contributed by atoms with van der Waals surface area (Å²) < 4.78 is 75.3. The predicted octanol–water partition coefficient (Wildman–Crippen LogP) is 11.4. The van der Waals surface area contributed by atoms with E-state index >= 15 is 0 Å². The van der Waals surface area contributed by atoms with Crippen molar-refractivity contribution in [3.8, 4) is 29.1 Å². The summed E-state index contributed by atoms with van der Waals surface area (Å²) >= 11 is 5.99. The van der Waals surface area contributed by atoms with Gasteiger partial charge in [-0.05, 0) is 109 Å². The summed E-state index contributed by atoms with van der Waals surface area (Å²) in [7, 11) is 0. The Morgan fingerprint density at radius 2 is 1.22 bits per heavy atom. The first kappa shape index (κ1) is 44.6. The second-order valence-corrected chi connectivity index (χ2v) is 15.3. The lowest BCUT2D eigenvalue weighted by molar-refractivity contribution is -0.137. The molecule has 1 aliphatic rings. The lowest BCUT2D eigenvalue weighted by Gasteiger charge is -2.35. The number of halogens is 5.